The molecule has 35 heavy (non-hydrogen) atoms. The summed E-state index contributed by atoms with van der Waals surface area (Å²) in [5, 5.41) is 3.15. The Morgan fingerprint density at radius 2 is 1.40 bits per heavy atom. The molecule has 2 aliphatic rings. The van der Waals surface area contributed by atoms with Gasteiger partial charge in [0.2, 0.25) is 5.91 Å². The second-order valence-electron chi connectivity index (χ2n) is 9.01. The van der Waals surface area contributed by atoms with Gasteiger partial charge in [-0.1, -0.05) is 47.5 Å². The molecule has 2 heterocycles. The molecular weight excluding hydrogens is 483 g/mol. The summed E-state index contributed by atoms with van der Waals surface area (Å²) in [5.41, 5.74) is 2.73. The van der Waals surface area contributed by atoms with Crippen LogP contribution in [0.3, 0.4) is 0 Å². The van der Waals surface area contributed by atoms with Gasteiger partial charge < -0.3 is 9.64 Å². The number of hydroxylamine groups is 1. The molecular formula is C28H28Cl2N2O3. The average molecular weight is 511 g/mol. The second-order valence-corrected chi connectivity index (χ2v) is 9.88. The van der Waals surface area contributed by atoms with Crippen LogP contribution in [0.4, 0.5) is 5.69 Å². The first-order valence-electron chi connectivity index (χ1n) is 11.9. The van der Waals surface area contributed by atoms with Gasteiger partial charge in [0.15, 0.2) is 0 Å². The van der Waals surface area contributed by atoms with Gasteiger partial charge in [-0.2, -0.15) is 0 Å². The van der Waals surface area contributed by atoms with Crippen molar-refractivity contribution in [2.45, 2.75) is 31.4 Å². The third kappa shape index (κ3) is 4.99. The summed E-state index contributed by atoms with van der Waals surface area (Å²) in [7, 11) is 1.65. The number of carbonyl (C=O) groups excluding carboxylic acids is 1. The fraction of sp³-hybridized carbons (Fsp3) is 0.321. The molecule has 3 atom stereocenters. The molecule has 0 aliphatic carbocycles. The Morgan fingerprint density at radius 3 is 2.00 bits per heavy atom. The molecule has 2 saturated heterocycles. The first-order valence-corrected chi connectivity index (χ1v) is 12.7. The Balaban J connectivity index is 1.62. The van der Waals surface area contributed by atoms with Crippen LogP contribution >= 0.6 is 23.2 Å². The lowest BCUT2D eigenvalue weighted by molar-refractivity contribution is -0.138. The van der Waals surface area contributed by atoms with E-state index in [1.54, 1.807) is 7.11 Å². The molecule has 5 nitrogen and oxygen atoms in total. The summed E-state index contributed by atoms with van der Waals surface area (Å²) < 4.78 is 5.38. The van der Waals surface area contributed by atoms with E-state index in [2.05, 4.69) is 0 Å². The topological polar surface area (TPSA) is 42.0 Å². The molecule has 0 unspecified atom stereocenters. The summed E-state index contributed by atoms with van der Waals surface area (Å²) in [6.45, 7) is 1.55. The van der Waals surface area contributed by atoms with Gasteiger partial charge in [0.05, 0.1) is 24.8 Å². The van der Waals surface area contributed by atoms with Gasteiger partial charge in [0.25, 0.3) is 0 Å². The van der Waals surface area contributed by atoms with Crippen LogP contribution in [0.15, 0.2) is 72.8 Å². The van der Waals surface area contributed by atoms with E-state index >= 15 is 0 Å². The van der Waals surface area contributed by atoms with E-state index in [1.165, 1.54) is 0 Å². The molecule has 0 saturated carbocycles. The maximum atomic E-state index is 14.1. The lowest BCUT2D eigenvalue weighted by Gasteiger charge is -2.33. The predicted molar refractivity (Wildman–Crippen MR) is 139 cm³/mol. The number of anilines is 1. The summed E-state index contributed by atoms with van der Waals surface area (Å²) >= 11 is 12.4. The molecule has 0 spiro atoms. The Labute approximate surface area is 216 Å². The Kier molecular flexibility index (Phi) is 7.19. The van der Waals surface area contributed by atoms with Crippen LogP contribution in [0.1, 0.15) is 42.5 Å². The van der Waals surface area contributed by atoms with Crippen LogP contribution in [0.25, 0.3) is 0 Å². The standard InChI is InChI=1S/C28H28Cl2N2O3/c1-34-24-15-7-19(8-16-24)26-25(28(33)31-17-3-2-4-18-31)27(20-5-9-21(29)10-6-20)35-32(26)23-13-11-22(30)12-14-23/h5-16,25-27H,2-4,17-18H2,1H3/t25-,26-,27+/m0/s1. The second kappa shape index (κ2) is 10.5. The van der Waals surface area contributed by atoms with Crippen LogP contribution in [0, 0.1) is 5.92 Å². The highest BCUT2D eigenvalue weighted by atomic mass is 35.5. The maximum absolute atomic E-state index is 14.1. The van der Waals surface area contributed by atoms with Crippen molar-refractivity contribution in [3.63, 3.8) is 0 Å². The van der Waals surface area contributed by atoms with E-state index in [1.807, 2.05) is 82.8 Å². The largest absolute Gasteiger partial charge is 0.497 e. The number of amides is 1. The molecule has 7 heteroatoms. The van der Waals surface area contributed by atoms with Crippen molar-refractivity contribution >= 4 is 34.8 Å². The van der Waals surface area contributed by atoms with E-state index in [4.69, 9.17) is 32.8 Å². The van der Waals surface area contributed by atoms with E-state index in [9.17, 15) is 4.79 Å². The minimum Gasteiger partial charge on any atom is -0.497 e. The number of likely N-dealkylation sites (tertiary alicyclic amines) is 1. The summed E-state index contributed by atoms with van der Waals surface area (Å²) in [5.74, 6) is 0.430. The molecule has 182 valence electrons. The third-order valence-corrected chi connectivity index (χ3v) is 7.34. The maximum Gasteiger partial charge on any atom is 0.231 e. The Morgan fingerprint density at radius 1 is 0.829 bits per heavy atom. The molecule has 0 radical (unpaired) electrons. The van der Waals surface area contributed by atoms with E-state index in [-0.39, 0.29) is 11.9 Å². The number of benzene rings is 3. The number of ether oxygens (including phenoxy) is 1. The smallest absolute Gasteiger partial charge is 0.231 e. The number of rotatable bonds is 5. The predicted octanol–water partition coefficient (Wildman–Crippen LogP) is 6.86. The molecule has 2 fully saturated rings. The van der Waals surface area contributed by atoms with Gasteiger partial charge in [0.1, 0.15) is 11.9 Å². The number of piperidine rings is 1. The van der Waals surface area contributed by atoms with E-state index < -0.39 is 12.0 Å². The summed E-state index contributed by atoms with van der Waals surface area (Å²) in [4.78, 5) is 22.8. The van der Waals surface area contributed by atoms with Gasteiger partial charge in [-0.05, 0) is 78.9 Å². The number of methoxy groups -OCH3 is 1. The van der Waals surface area contributed by atoms with Gasteiger partial charge in [-0.15, -0.1) is 0 Å². The van der Waals surface area contributed by atoms with Crippen LogP contribution in [0.2, 0.25) is 10.0 Å². The van der Waals surface area contributed by atoms with Crippen LogP contribution in [0.5, 0.6) is 5.75 Å². The van der Waals surface area contributed by atoms with Crippen molar-refractivity contribution in [3.05, 3.63) is 94.0 Å². The molecule has 0 bridgehead atoms. The number of hydrogen-bond donors (Lipinski definition) is 0. The van der Waals surface area contributed by atoms with Crippen molar-refractivity contribution < 1.29 is 14.4 Å². The fourth-order valence-corrected chi connectivity index (χ4v) is 5.28. The number of nitrogens with zero attached hydrogens (tertiary/aromatic N) is 2. The monoisotopic (exact) mass is 510 g/mol. The zero-order valence-corrected chi connectivity index (χ0v) is 21.1. The van der Waals surface area contributed by atoms with E-state index in [0.717, 1.165) is 54.9 Å². The molecule has 2 aliphatic heterocycles. The minimum absolute atomic E-state index is 0.113. The third-order valence-electron chi connectivity index (χ3n) is 6.84. The summed E-state index contributed by atoms with van der Waals surface area (Å²) in [6, 6.07) is 22.6. The molecule has 3 aromatic carbocycles. The zero-order chi connectivity index (χ0) is 24.4. The average Bonchev–Trinajstić information content (AvgIpc) is 3.30. The SMILES string of the molecule is COc1ccc([C@H]2[C@H](C(=O)N3CCCCC3)[C@@H](c3ccc(Cl)cc3)ON2c2ccc(Cl)cc2)cc1. The van der Waals surface area contributed by atoms with E-state index in [0.29, 0.717) is 10.0 Å². The number of halogens is 2. The highest BCUT2D eigenvalue weighted by molar-refractivity contribution is 6.30. The van der Waals surface area contributed by atoms with Crippen molar-refractivity contribution in [3.8, 4) is 5.75 Å². The number of carbonyl (C=O) groups is 1. The van der Waals surface area contributed by atoms with Crippen LogP contribution < -0.4 is 9.80 Å². The lowest BCUT2D eigenvalue weighted by Crippen LogP contribution is -2.42. The van der Waals surface area contributed by atoms with Crippen LogP contribution in [-0.2, 0) is 9.63 Å². The Bertz CT molecular complexity index is 1150. The van der Waals surface area contributed by atoms with Gasteiger partial charge in [-0.25, -0.2) is 5.06 Å². The molecule has 0 aromatic heterocycles. The van der Waals surface area contributed by atoms with Gasteiger partial charge in [-0.3, -0.25) is 9.63 Å². The highest BCUT2D eigenvalue weighted by Crippen LogP contribution is 2.50. The van der Waals surface area contributed by atoms with Gasteiger partial charge in [0, 0.05) is 23.1 Å². The first kappa shape index (κ1) is 24.0. The highest BCUT2D eigenvalue weighted by Gasteiger charge is 2.50. The molecule has 1 amide bonds. The van der Waals surface area contributed by atoms with Gasteiger partial charge >= 0.3 is 0 Å². The lowest BCUT2D eigenvalue weighted by atomic mass is 9.84. The minimum atomic E-state index is -0.468. The summed E-state index contributed by atoms with van der Waals surface area (Å²) in [6.07, 6.45) is 2.74. The van der Waals surface area contributed by atoms with Crippen molar-refractivity contribution in [2.24, 2.45) is 5.92 Å². The van der Waals surface area contributed by atoms with Crippen molar-refractivity contribution in [1.82, 2.24) is 4.90 Å². The normalized spacial score (nSPS) is 22.3. The molecule has 3 aromatic rings. The quantitative estimate of drug-likeness (QED) is 0.375. The fourth-order valence-electron chi connectivity index (χ4n) is 5.03. The van der Waals surface area contributed by atoms with Crippen molar-refractivity contribution in [2.75, 3.05) is 25.3 Å². The Hall–Kier alpha value is -2.73. The molecule has 5 rings (SSSR count). The van der Waals surface area contributed by atoms with Crippen LogP contribution in [-0.4, -0.2) is 31.0 Å². The zero-order valence-electron chi connectivity index (χ0n) is 19.6. The van der Waals surface area contributed by atoms with Crippen molar-refractivity contribution in [1.29, 1.82) is 0 Å². The number of hydrogen-bond acceptors (Lipinski definition) is 4. The first-order chi connectivity index (χ1) is 17.0. The molecule has 0 N–H and O–H groups in total.